The second-order valence-corrected chi connectivity index (χ2v) is 4.66. The molecule has 2 N–H and O–H groups in total. The first kappa shape index (κ1) is 13.6. The van der Waals surface area contributed by atoms with Crippen LogP contribution in [0.3, 0.4) is 0 Å². The zero-order valence-electron chi connectivity index (χ0n) is 10.2. The van der Waals surface area contributed by atoms with Crippen molar-refractivity contribution in [3.8, 4) is 0 Å². The summed E-state index contributed by atoms with van der Waals surface area (Å²) < 4.78 is 18.0. The molecule has 1 aromatic carbocycles. The fraction of sp³-hybridized carbons (Fsp3) is 0.333. The molecule has 0 aliphatic carbocycles. The van der Waals surface area contributed by atoms with Gasteiger partial charge in [-0.15, -0.1) is 0 Å². The molecule has 0 bridgehead atoms. The third-order valence-electron chi connectivity index (χ3n) is 3.02. The molecule has 0 radical (unpaired) electrons. The van der Waals surface area contributed by atoms with Crippen LogP contribution >= 0.6 is 11.6 Å². The highest BCUT2D eigenvalue weighted by Gasteiger charge is 2.36. The summed E-state index contributed by atoms with van der Waals surface area (Å²) in [5.74, 6) is -2.00. The Morgan fingerprint density at radius 3 is 2.89 bits per heavy atom. The Bertz CT molecular complexity index is 550. The second-order valence-electron chi connectivity index (χ2n) is 4.25. The first-order valence-electron chi connectivity index (χ1n) is 5.56. The van der Waals surface area contributed by atoms with Crippen molar-refractivity contribution in [2.24, 2.45) is 5.92 Å². The molecule has 5 nitrogen and oxygen atoms in total. The Balaban J connectivity index is 2.30. The van der Waals surface area contributed by atoms with Gasteiger partial charge in [0.15, 0.2) is 0 Å². The van der Waals surface area contributed by atoms with E-state index in [1.54, 1.807) is 0 Å². The number of carbonyl (C=O) groups is 2. The Morgan fingerprint density at radius 2 is 2.26 bits per heavy atom. The molecule has 1 aromatic rings. The molecule has 102 valence electrons. The van der Waals surface area contributed by atoms with Crippen molar-refractivity contribution in [2.45, 2.75) is 6.42 Å². The zero-order valence-corrected chi connectivity index (χ0v) is 10.9. The molecular weight excluding hydrogens is 275 g/mol. The molecule has 7 heteroatoms. The third kappa shape index (κ3) is 2.49. The van der Waals surface area contributed by atoms with Gasteiger partial charge in [0, 0.05) is 19.0 Å². The van der Waals surface area contributed by atoms with E-state index >= 15 is 0 Å². The Kier molecular flexibility index (Phi) is 3.61. The number of ether oxygens (including phenoxy) is 1. The molecule has 1 amide bonds. The van der Waals surface area contributed by atoms with Crippen LogP contribution in [0.15, 0.2) is 12.1 Å². The number of nitrogens with zero attached hydrogens (tertiary/aromatic N) is 1. The molecule has 2 rings (SSSR count). The van der Waals surface area contributed by atoms with Crippen LogP contribution in [0.2, 0.25) is 5.02 Å². The topological polar surface area (TPSA) is 72.6 Å². The summed E-state index contributed by atoms with van der Waals surface area (Å²) in [4.78, 5) is 24.6. The fourth-order valence-electron chi connectivity index (χ4n) is 2.05. The molecule has 0 aromatic heterocycles. The normalized spacial score (nSPS) is 18.8. The summed E-state index contributed by atoms with van der Waals surface area (Å²) in [5.41, 5.74) is 6.13. The van der Waals surface area contributed by atoms with Gasteiger partial charge in [-0.1, -0.05) is 11.6 Å². The van der Waals surface area contributed by atoms with E-state index in [-0.39, 0.29) is 35.3 Å². The number of amides is 1. The highest BCUT2D eigenvalue weighted by molar-refractivity contribution is 6.31. The number of benzene rings is 1. The van der Waals surface area contributed by atoms with Gasteiger partial charge in [0.05, 0.1) is 29.4 Å². The lowest BCUT2D eigenvalue weighted by Gasteiger charge is -2.18. The van der Waals surface area contributed by atoms with Crippen molar-refractivity contribution in [3.05, 3.63) is 23.0 Å². The standard InChI is InChI=1S/C12H12ClFN2O3/c1-19-12(18)6-2-11(17)16(5-6)10-4-8(14)7(13)3-9(10)15/h3-4,6H,2,5,15H2,1H3. The summed E-state index contributed by atoms with van der Waals surface area (Å²) in [7, 11) is 1.26. The first-order valence-corrected chi connectivity index (χ1v) is 5.94. The van der Waals surface area contributed by atoms with Crippen molar-refractivity contribution in [1.29, 1.82) is 0 Å². The largest absolute Gasteiger partial charge is 0.469 e. The maximum Gasteiger partial charge on any atom is 0.311 e. The van der Waals surface area contributed by atoms with Crippen molar-refractivity contribution < 1.29 is 18.7 Å². The van der Waals surface area contributed by atoms with Gasteiger partial charge in [-0.2, -0.15) is 0 Å². The van der Waals surface area contributed by atoms with Crippen LogP contribution in [0.1, 0.15) is 6.42 Å². The molecule has 1 fully saturated rings. The Labute approximate surface area is 114 Å². The number of nitrogens with two attached hydrogens (primary N) is 1. The zero-order chi connectivity index (χ0) is 14.2. The maximum absolute atomic E-state index is 13.4. The average Bonchev–Trinajstić information content (AvgIpc) is 2.75. The number of esters is 1. The van der Waals surface area contributed by atoms with Crippen LogP contribution in [0.4, 0.5) is 15.8 Å². The van der Waals surface area contributed by atoms with Crippen LogP contribution in [0.25, 0.3) is 0 Å². The lowest BCUT2D eigenvalue weighted by Crippen LogP contribution is -2.27. The Morgan fingerprint density at radius 1 is 1.58 bits per heavy atom. The molecular formula is C12H12ClFN2O3. The van der Waals surface area contributed by atoms with Crippen LogP contribution in [-0.2, 0) is 14.3 Å². The van der Waals surface area contributed by atoms with Crippen LogP contribution in [-0.4, -0.2) is 25.5 Å². The highest BCUT2D eigenvalue weighted by Crippen LogP contribution is 2.33. The molecule has 1 heterocycles. The van der Waals surface area contributed by atoms with Gasteiger partial charge >= 0.3 is 5.97 Å². The van der Waals surface area contributed by atoms with Gasteiger partial charge < -0.3 is 15.4 Å². The van der Waals surface area contributed by atoms with Crippen LogP contribution in [0.5, 0.6) is 0 Å². The van der Waals surface area contributed by atoms with Gasteiger partial charge in [0.25, 0.3) is 0 Å². The van der Waals surface area contributed by atoms with E-state index in [2.05, 4.69) is 4.74 Å². The van der Waals surface area contributed by atoms with Gasteiger partial charge in [-0.05, 0) is 6.07 Å². The van der Waals surface area contributed by atoms with Gasteiger partial charge in [0.1, 0.15) is 5.82 Å². The first-order chi connectivity index (χ1) is 8.93. The summed E-state index contributed by atoms with van der Waals surface area (Å²) in [6, 6.07) is 2.33. The van der Waals surface area contributed by atoms with E-state index in [1.165, 1.54) is 18.1 Å². The second kappa shape index (κ2) is 5.05. The minimum atomic E-state index is -0.666. The van der Waals surface area contributed by atoms with E-state index in [4.69, 9.17) is 17.3 Å². The number of methoxy groups -OCH3 is 1. The number of rotatable bonds is 2. The molecule has 19 heavy (non-hydrogen) atoms. The minimum Gasteiger partial charge on any atom is -0.469 e. The molecule has 1 unspecified atom stereocenters. The monoisotopic (exact) mass is 286 g/mol. The van der Waals surface area contributed by atoms with Crippen molar-refractivity contribution in [2.75, 3.05) is 24.3 Å². The van der Waals surface area contributed by atoms with Gasteiger partial charge in [0.2, 0.25) is 5.91 Å². The number of nitrogen functional groups attached to an aromatic ring is 1. The number of hydrogen-bond donors (Lipinski definition) is 1. The SMILES string of the molecule is COC(=O)C1CC(=O)N(c2cc(F)c(Cl)cc2N)C1. The quantitative estimate of drug-likeness (QED) is 0.662. The van der Waals surface area contributed by atoms with E-state index in [0.29, 0.717) is 0 Å². The lowest BCUT2D eigenvalue weighted by molar-refractivity contribution is -0.145. The summed E-state index contributed by atoms with van der Waals surface area (Å²) in [6.45, 7) is 0.122. The molecule has 1 aliphatic heterocycles. The Hall–Kier alpha value is -1.82. The number of hydrogen-bond acceptors (Lipinski definition) is 4. The maximum atomic E-state index is 13.4. The van der Waals surface area contributed by atoms with Crippen LogP contribution < -0.4 is 10.6 Å². The van der Waals surface area contributed by atoms with Crippen LogP contribution in [0, 0.1) is 11.7 Å². The molecule has 1 saturated heterocycles. The highest BCUT2D eigenvalue weighted by atomic mass is 35.5. The summed E-state index contributed by atoms with van der Waals surface area (Å²) >= 11 is 5.60. The predicted molar refractivity (Wildman–Crippen MR) is 68.3 cm³/mol. The van der Waals surface area contributed by atoms with E-state index < -0.39 is 17.7 Å². The third-order valence-corrected chi connectivity index (χ3v) is 3.31. The molecule has 1 aliphatic rings. The molecule has 0 spiro atoms. The number of halogens is 2. The fourth-order valence-corrected chi connectivity index (χ4v) is 2.22. The van der Waals surface area contributed by atoms with Gasteiger partial charge in [-0.25, -0.2) is 4.39 Å². The van der Waals surface area contributed by atoms with Crippen molar-refractivity contribution in [1.82, 2.24) is 0 Å². The lowest BCUT2D eigenvalue weighted by atomic mass is 10.1. The smallest absolute Gasteiger partial charge is 0.311 e. The predicted octanol–water partition coefficient (Wildman–Crippen LogP) is 1.59. The summed E-state index contributed by atoms with van der Waals surface area (Å²) in [6.07, 6.45) is 0.0242. The van der Waals surface area contributed by atoms with E-state index in [9.17, 15) is 14.0 Å². The van der Waals surface area contributed by atoms with Crippen molar-refractivity contribution >= 4 is 34.9 Å². The van der Waals surface area contributed by atoms with Gasteiger partial charge in [-0.3, -0.25) is 9.59 Å². The number of carbonyl (C=O) groups excluding carboxylic acids is 2. The van der Waals surface area contributed by atoms with E-state index in [1.807, 2.05) is 0 Å². The average molecular weight is 287 g/mol. The number of anilines is 2. The van der Waals surface area contributed by atoms with E-state index in [0.717, 1.165) is 6.07 Å². The van der Waals surface area contributed by atoms with Crippen molar-refractivity contribution in [3.63, 3.8) is 0 Å². The minimum absolute atomic E-state index is 0.0242. The molecule has 0 saturated carbocycles. The molecule has 1 atom stereocenters. The summed E-state index contributed by atoms with van der Waals surface area (Å²) in [5, 5.41) is -0.114.